The molecular weight excluding hydrogens is 242 g/mol. The summed E-state index contributed by atoms with van der Waals surface area (Å²) in [6, 6.07) is 11.3. The van der Waals surface area contributed by atoms with Crippen molar-refractivity contribution in [2.75, 3.05) is 31.9 Å². The van der Waals surface area contributed by atoms with Crippen LogP contribution in [0.2, 0.25) is 0 Å². The van der Waals surface area contributed by atoms with Crippen LogP contribution in [0.4, 0.5) is 17.3 Å². The molecule has 0 fully saturated rings. The highest BCUT2D eigenvalue weighted by molar-refractivity contribution is 5.67. The van der Waals surface area contributed by atoms with E-state index in [4.69, 9.17) is 9.47 Å². The summed E-state index contributed by atoms with van der Waals surface area (Å²) in [4.78, 5) is 4.40. The van der Waals surface area contributed by atoms with Gasteiger partial charge in [0.2, 0.25) is 0 Å². The van der Waals surface area contributed by atoms with Crippen molar-refractivity contribution in [1.29, 1.82) is 0 Å². The third-order valence-electron chi connectivity index (χ3n) is 2.67. The molecule has 2 N–H and O–H groups in total. The lowest BCUT2D eigenvalue weighted by Crippen LogP contribution is -1.99. The highest BCUT2D eigenvalue weighted by Crippen LogP contribution is 2.31. The van der Waals surface area contributed by atoms with Crippen LogP contribution in [0.5, 0.6) is 11.5 Å². The second-order valence-electron chi connectivity index (χ2n) is 3.85. The molecule has 19 heavy (non-hydrogen) atoms. The van der Waals surface area contributed by atoms with Crippen LogP contribution in [0.15, 0.2) is 36.4 Å². The Labute approximate surface area is 112 Å². The van der Waals surface area contributed by atoms with Gasteiger partial charge in [-0.2, -0.15) is 0 Å². The smallest absolute Gasteiger partial charge is 0.142 e. The van der Waals surface area contributed by atoms with E-state index in [9.17, 15) is 0 Å². The lowest BCUT2D eigenvalue weighted by Gasteiger charge is -2.12. The Morgan fingerprint density at radius 1 is 1.00 bits per heavy atom. The standard InChI is InChI=1S/C14H17N3O2/c1-15-13-5-4-6-14(17-13)16-11-9-10(18-2)7-8-12(11)19-3/h4-9H,1-3H3,(H2,15,16,17). The van der Waals surface area contributed by atoms with Crippen LogP contribution in [-0.4, -0.2) is 26.3 Å². The van der Waals surface area contributed by atoms with E-state index in [0.717, 1.165) is 28.8 Å². The number of aromatic nitrogens is 1. The minimum Gasteiger partial charge on any atom is -0.497 e. The number of hydrogen-bond acceptors (Lipinski definition) is 5. The molecular formula is C14H17N3O2. The van der Waals surface area contributed by atoms with Gasteiger partial charge in [-0.05, 0) is 24.3 Å². The first-order valence-corrected chi connectivity index (χ1v) is 5.90. The molecule has 5 heteroatoms. The lowest BCUT2D eigenvalue weighted by molar-refractivity contribution is 0.405. The molecule has 0 saturated carbocycles. The SMILES string of the molecule is CNc1cccc(Nc2cc(OC)ccc2OC)n1. The number of anilines is 3. The van der Waals surface area contributed by atoms with Gasteiger partial charge in [0, 0.05) is 13.1 Å². The van der Waals surface area contributed by atoms with Crippen LogP contribution in [0.3, 0.4) is 0 Å². The first kappa shape index (κ1) is 13.0. The summed E-state index contributed by atoms with van der Waals surface area (Å²) in [7, 11) is 5.09. The molecule has 0 atom stereocenters. The quantitative estimate of drug-likeness (QED) is 0.864. The molecule has 1 heterocycles. The van der Waals surface area contributed by atoms with Crippen LogP contribution < -0.4 is 20.1 Å². The van der Waals surface area contributed by atoms with Crippen molar-refractivity contribution in [2.24, 2.45) is 0 Å². The molecule has 0 spiro atoms. The van der Waals surface area contributed by atoms with Crippen molar-refractivity contribution in [3.8, 4) is 11.5 Å². The lowest BCUT2D eigenvalue weighted by atomic mass is 10.2. The van der Waals surface area contributed by atoms with Gasteiger partial charge >= 0.3 is 0 Å². The second kappa shape index (κ2) is 5.95. The van der Waals surface area contributed by atoms with Gasteiger partial charge < -0.3 is 20.1 Å². The van der Waals surface area contributed by atoms with E-state index in [2.05, 4.69) is 15.6 Å². The third kappa shape index (κ3) is 3.07. The Balaban J connectivity index is 2.30. The molecule has 1 aromatic heterocycles. The van der Waals surface area contributed by atoms with Crippen molar-refractivity contribution in [3.05, 3.63) is 36.4 Å². The molecule has 0 amide bonds. The molecule has 0 saturated heterocycles. The van der Waals surface area contributed by atoms with Crippen LogP contribution in [-0.2, 0) is 0 Å². The fourth-order valence-corrected chi connectivity index (χ4v) is 1.69. The number of nitrogens with one attached hydrogen (secondary N) is 2. The Hall–Kier alpha value is -2.43. The minimum absolute atomic E-state index is 0.734. The Morgan fingerprint density at radius 3 is 2.47 bits per heavy atom. The molecule has 0 radical (unpaired) electrons. The summed E-state index contributed by atoms with van der Waals surface area (Å²) in [5.74, 6) is 3.02. The molecule has 0 aliphatic heterocycles. The highest BCUT2D eigenvalue weighted by Gasteiger charge is 2.06. The maximum absolute atomic E-state index is 5.31. The van der Waals surface area contributed by atoms with E-state index in [1.807, 2.05) is 43.4 Å². The predicted octanol–water partition coefficient (Wildman–Crippen LogP) is 2.88. The zero-order valence-electron chi connectivity index (χ0n) is 11.2. The predicted molar refractivity (Wildman–Crippen MR) is 76.6 cm³/mol. The summed E-state index contributed by atoms with van der Waals surface area (Å²) in [6.07, 6.45) is 0. The van der Waals surface area contributed by atoms with Gasteiger partial charge in [0.1, 0.15) is 23.1 Å². The van der Waals surface area contributed by atoms with Crippen molar-refractivity contribution in [3.63, 3.8) is 0 Å². The zero-order valence-corrected chi connectivity index (χ0v) is 11.2. The topological polar surface area (TPSA) is 55.4 Å². The number of ether oxygens (including phenoxy) is 2. The van der Waals surface area contributed by atoms with Crippen molar-refractivity contribution in [2.45, 2.75) is 0 Å². The van der Waals surface area contributed by atoms with E-state index >= 15 is 0 Å². The monoisotopic (exact) mass is 259 g/mol. The molecule has 0 aliphatic rings. The zero-order chi connectivity index (χ0) is 13.7. The molecule has 1 aromatic carbocycles. The van der Waals surface area contributed by atoms with Crippen LogP contribution >= 0.6 is 0 Å². The van der Waals surface area contributed by atoms with E-state index in [0.29, 0.717) is 0 Å². The summed E-state index contributed by atoms with van der Waals surface area (Å²) in [5, 5.41) is 6.21. The van der Waals surface area contributed by atoms with Gasteiger partial charge in [-0.15, -0.1) is 0 Å². The van der Waals surface area contributed by atoms with Gasteiger partial charge in [0.25, 0.3) is 0 Å². The number of methoxy groups -OCH3 is 2. The molecule has 2 rings (SSSR count). The van der Waals surface area contributed by atoms with Crippen LogP contribution in [0, 0.1) is 0 Å². The number of pyridine rings is 1. The highest BCUT2D eigenvalue weighted by atomic mass is 16.5. The van der Waals surface area contributed by atoms with Crippen LogP contribution in [0.1, 0.15) is 0 Å². The molecule has 5 nitrogen and oxygen atoms in total. The average molecular weight is 259 g/mol. The first-order chi connectivity index (χ1) is 9.26. The minimum atomic E-state index is 0.734. The van der Waals surface area contributed by atoms with Crippen LogP contribution in [0.25, 0.3) is 0 Å². The fourth-order valence-electron chi connectivity index (χ4n) is 1.69. The summed E-state index contributed by atoms with van der Waals surface area (Å²) >= 11 is 0. The largest absolute Gasteiger partial charge is 0.497 e. The Kier molecular flexibility index (Phi) is 4.07. The first-order valence-electron chi connectivity index (χ1n) is 5.90. The fraction of sp³-hybridized carbons (Fsp3) is 0.214. The molecule has 0 bridgehead atoms. The molecule has 2 aromatic rings. The third-order valence-corrected chi connectivity index (χ3v) is 2.67. The average Bonchev–Trinajstić information content (AvgIpc) is 2.47. The van der Waals surface area contributed by atoms with Crippen molar-refractivity contribution in [1.82, 2.24) is 4.98 Å². The van der Waals surface area contributed by atoms with E-state index in [1.54, 1.807) is 14.2 Å². The van der Waals surface area contributed by atoms with Gasteiger partial charge in [-0.3, -0.25) is 0 Å². The summed E-state index contributed by atoms with van der Waals surface area (Å²) < 4.78 is 10.5. The molecule has 0 aliphatic carbocycles. The van der Waals surface area contributed by atoms with E-state index < -0.39 is 0 Å². The van der Waals surface area contributed by atoms with Crippen molar-refractivity contribution >= 4 is 17.3 Å². The second-order valence-corrected chi connectivity index (χ2v) is 3.85. The number of nitrogens with zero attached hydrogens (tertiary/aromatic N) is 1. The normalized spacial score (nSPS) is 9.84. The molecule has 100 valence electrons. The number of rotatable bonds is 5. The Morgan fingerprint density at radius 2 is 1.79 bits per heavy atom. The van der Waals surface area contributed by atoms with Gasteiger partial charge in [-0.25, -0.2) is 4.98 Å². The van der Waals surface area contributed by atoms with E-state index in [-0.39, 0.29) is 0 Å². The van der Waals surface area contributed by atoms with Gasteiger partial charge in [0.15, 0.2) is 0 Å². The van der Waals surface area contributed by atoms with Crippen molar-refractivity contribution < 1.29 is 9.47 Å². The summed E-state index contributed by atoms with van der Waals surface area (Å²) in [6.45, 7) is 0. The maximum atomic E-state index is 5.31. The summed E-state index contributed by atoms with van der Waals surface area (Å²) in [5.41, 5.74) is 0.808. The van der Waals surface area contributed by atoms with Gasteiger partial charge in [-0.1, -0.05) is 6.07 Å². The number of benzene rings is 1. The number of hydrogen-bond donors (Lipinski definition) is 2. The Bertz CT molecular complexity index is 558. The van der Waals surface area contributed by atoms with Gasteiger partial charge in [0.05, 0.1) is 19.9 Å². The van der Waals surface area contributed by atoms with E-state index in [1.165, 1.54) is 0 Å². The molecule has 0 unspecified atom stereocenters. The maximum Gasteiger partial charge on any atom is 0.142 e.